The first kappa shape index (κ1) is 19.8. The highest BCUT2D eigenvalue weighted by Crippen LogP contribution is 2.29. The topological polar surface area (TPSA) is 93.8 Å². The molecule has 0 spiro atoms. The highest BCUT2D eigenvalue weighted by atomic mass is 32.2. The Labute approximate surface area is 177 Å². The van der Waals surface area contributed by atoms with Crippen LogP contribution in [0, 0.1) is 6.92 Å². The fourth-order valence-electron chi connectivity index (χ4n) is 2.83. The van der Waals surface area contributed by atoms with Gasteiger partial charge in [0.2, 0.25) is 11.1 Å². The highest BCUT2D eigenvalue weighted by molar-refractivity contribution is 7.99. The summed E-state index contributed by atoms with van der Waals surface area (Å²) in [5.41, 5.74) is 3.41. The van der Waals surface area contributed by atoms with E-state index in [0.29, 0.717) is 28.9 Å². The molecular weight excluding hydrogens is 398 g/mol. The van der Waals surface area contributed by atoms with Crippen molar-refractivity contribution in [2.75, 3.05) is 11.1 Å². The van der Waals surface area contributed by atoms with Crippen molar-refractivity contribution in [2.24, 2.45) is 0 Å². The van der Waals surface area contributed by atoms with Gasteiger partial charge in [0, 0.05) is 29.4 Å². The van der Waals surface area contributed by atoms with Crippen LogP contribution in [0.4, 0.5) is 5.82 Å². The maximum absolute atomic E-state index is 12.1. The van der Waals surface area contributed by atoms with Crippen LogP contribution in [0.1, 0.15) is 12.2 Å². The van der Waals surface area contributed by atoms with E-state index in [0.717, 1.165) is 22.5 Å². The fourth-order valence-corrected chi connectivity index (χ4v) is 3.55. The summed E-state index contributed by atoms with van der Waals surface area (Å²) in [5, 5.41) is 15.7. The third kappa shape index (κ3) is 4.90. The van der Waals surface area contributed by atoms with Crippen molar-refractivity contribution in [1.29, 1.82) is 0 Å². The molecule has 0 aliphatic rings. The minimum Gasteiger partial charge on any atom is -0.360 e. The lowest BCUT2D eigenvalue weighted by atomic mass is 10.0. The molecule has 0 unspecified atom stereocenters. The Morgan fingerprint density at radius 2 is 1.63 bits per heavy atom. The molecule has 0 saturated heterocycles. The number of rotatable bonds is 7. The summed E-state index contributed by atoms with van der Waals surface area (Å²) in [7, 11) is 0. The molecule has 1 N–H and O–H groups in total. The number of benzene rings is 2. The van der Waals surface area contributed by atoms with Crippen LogP contribution in [0.25, 0.3) is 22.5 Å². The number of amides is 1. The van der Waals surface area contributed by atoms with Gasteiger partial charge < -0.3 is 9.84 Å². The summed E-state index contributed by atoms with van der Waals surface area (Å²) in [5.74, 6) is 1.43. The summed E-state index contributed by atoms with van der Waals surface area (Å²) in [4.78, 5) is 16.8. The number of hydrogen-bond donors (Lipinski definition) is 1. The molecule has 8 heteroatoms. The van der Waals surface area contributed by atoms with Crippen LogP contribution < -0.4 is 5.32 Å². The second-order valence-electron chi connectivity index (χ2n) is 6.49. The van der Waals surface area contributed by atoms with Gasteiger partial charge in [-0.1, -0.05) is 77.6 Å². The van der Waals surface area contributed by atoms with Crippen molar-refractivity contribution in [3.8, 4) is 22.5 Å². The largest absolute Gasteiger partial charge is 0.360 e. The molecule has 0 atom stereocenters. The van der Waals surface area contributed by atoms with Crippen LogP contribution in [-0.2, 0) is 4.79 Å². The predicted molar refractivity (Wildman–Crippen MR) is 116 cm³/mol. The van der Waals surface area contributed by atoms with Crippen LogP contribution in [-0.4, -0.2) is 32.0 Å². The average Bonchev–Trinajstić information content (AvgIpc) is 3.19. The van der Waals surface area contributed by atoms with Crippen molar-refractivity contribution >= 4 is 23.5 Å². The molecule has 4 aromatic rings. The van der Waals surface area contributed by atoms with Crippen molar-refractivity contribution in [3.05, 3.63) is 72.5 Å². The molecule has 0 aliphatic carbocycles. The minimum absolute atomic E-state index is 0.145. The van der Waals surface area contributed by atoms with E-state index in [-0.39, 0.29) is 5.91 Å². The van der Waals surface area contributed by atoms with Crippen molar-refractivity contribution in [2.45, 2.75) is 18.5 Å². The molecule has 0 saturated carbocycles. The lowest BCUT2D eigenvalue weighted by Gasteiger charge is -2.09. The third-order valence-corrected chi connectivity index (χ3v) is 5.06. The second-order valence-corrected chi connectivity index (χ2v) is 7.56. The molecule has 0 radical (unpaired) electrons. The first-order chi connectivity index (χ1) is 14.7. The number of thioether (sulfide) groups is 1. The summed E-state index contributed by atoms with van der Waals surface area (Å²) in [6.45, 7) is 1.77. The van der Waals surface area contributed by atoms with Gasteiger partial charge in [-0.25, -0.2) is 4.98 Å². The van der Waals surface area contributed by atoms with Gasteiger partial charge >= 0.3 is 0 Å². The number of hydrogen-bond acceptors (Lipinski definition) is 7. The van der Waals surface area contributed by atoms with E-state index in [1.807, 2.05) is 60.7 Å². The van der Waals surface area contributed by atoms with Crippen LogP contribution in [0.15, 0.2) is 76.4 Å². The molecule has 0 aliphatic heterocycles. The molecule has 2 aromatic carbocycles. The SMILES string of the molecule is Cc1cc(NC(=O)CCSc2nnc(-c3ccccc3)c(-c3ccccc3)n2)no1. The maximum Gasteiger partial charge on any atom is 0.226 e. The van der Waals surface area contributed by atoms with Crippen LogP contribution in [0.3, 0.4) is 0 Å². The molecule has 150 valence electrons. The van der Waals surface area contributed by atoms with E-state index in [9.17, 15) is 4.79 Å². The van der Waals surface area contributed by atoms with Crippen molar-refractivity contribution in [1.82, 2.24) is 20.3 Å². The van der Waals surface area contributed by atoms with Gasteiger partial charge in [-0.3, -0.25) is 4.79 Å². The lowest BCUT2D eigenvalue weighted by molar-refractivity contribution is -0.115. The molecule has 0 fully saturated rings. The third-order valence-electron chi connectivity index (χ3n) is 4.22. The Kier molecular flexibility index (Phi) is 6.14. The zero-order valence-electron chi connectivity index (χ0n) is 16.3. The fraction of sp³-hybridized carbons (Fsp3) is 0.136. The molecule has 2 aromatic heterocycles. The number of nitrogens with zero attached hydrogens (tertiary/aromatic N) is 4. The smallest absolute Gasteiger partial charge is 0.226 e. The van der Waals surface area contributed by atoms with Gasteiger partial charge in [0.05, 0.1) is 0 Å². The number of nitrogens with one attached hydrogen (secondary N) is 1. The van der Waals surface area contributed by atoms with Gasteiger partial charge in [0.25, 0.3) is 0 Å². The molecule has 2 heterocycles. The predicted octanol–water partition coefficient (Wildman–Crippen LogP) is 4.62. The van der Waals surface area contributed by atoms with E-state index >= 15 is 0 Å². The molecule has 30 heavy (non-hydrogen) atoms. The van der Waals surface area contributed by atoms with Gasteiger partial charge in [0.1, 0.15) is 17.1 Å². The number of anilines is 1. The standard InChI is InChI=1S/C22H19N5O2S/c1-15-14-18(27-29-15)23-19(28)12-13-30-22-24-20(16-8-4-2-5-9-16)21(25-26-22)17-10-6-3-7-11-17/h2-11,14H,12-13H2,1H3,(H,23,27,28). The monoisotopic (exact) mass is 417 g/mol. The van der Waals surface area contributed by atoms with Gasteiger partial charge in [-0.15, -0.1) is 10.2 Å². The van der Waals surface area contributed by atoms with E-state index in [2.05, 4.69) is 20.7 Å². The average molecular weight is 417 g/mol. The summed E-state index contributed by atoms with van der Waals surface area (Å²) < 4.78 is 4.94. The first-order valence-electron chi connectivity index (χ1n) is 9.40. The normalized spacial score (nSPS) is 10.7. The molecule has 4 rings (SSSR count). The Bertz CT molecular complexity index is 1130. The molecule has 7 nitrogen and oxygen atoms in total. The zero-order chi connectivity index (χ0) is 20.8. The number of carbonyl (C=O) groups is 1. The highest BCUT2D eigenvalue weighted by Gasteiger charge is 2.14. The summed E-state index contributed by atoms with van der Waals surface area (Å²) >= 11 is 1.39. The first-order valence-corrected chi connectivity index (χ1v) is 10.4. The van der Waals surface area contributed by atoms with Crippen LogP contribution in [0.2, 0.25) is 0 Å². The van der Waals surface area contributed by atoms with Gasteiger partial charge in [-0.05, 0) is 6.92 Å². The minimum atomic E-state index is -0.145. The van der Waals surface area contributed by atoms with Crippen molar-refractivity contribution < 1.29 is 9.32 Å². The molecule has 1 amide bonds. The number of aryl methyl sites for hydroxylation is 1. The van der Waals surface area contributed by atoms with Crippen LogP contribution >= 0.6 is 11.8 Å². The van der Waals surface area contributed by atoms with Gasteiger partial charge in [0.15, 0.2) is 5.82 Å². The van der Waals surface area contributed by atoms with E-state index in [4.69, 9.17) is 9.51 Å². The maximum atomic E-state index is 12.1. The van der Waals surface area contributed by atoms with E-state index < -0.39 is 0 Å². The second kappa shape index (κ2) is 9.32. The Hall–Kier alpha value is -3.52. The Balaban J connectivity index is 1.48. The quantitative estimate of drug-likeness (QED) is 0.438. The molecule has 0 bridgehead atoms. The molecular formula is C22H19N5O2S. The summed E-state index contributed by atoms with van der Waals surface area (Å²) in [6.07, 6.45) is 0.293. The Morgan fingerprint density at radius 3 is 2.27 bits per heavy atom. The zero-order valence-corrected chi connectivity index (χ0v) is 17.1. The van der Waals surface area contributed by atoms with Gasteiger partial charge in [-0.2, -0.15) is 0 Å². The van der Waals surface area contributed by atoms with Crippen molar-refractivity contribution in [3.63, 3.8) is 0 Å². The lowest BCUT2D eigenvalue weighted by Crippen LogP contribution is -2.12. The summed E-state index contributed by atoms with van der Waals surface area (Å²) in [6, 6.07) is 21.4. The van der Waals surface area contributed by atoms with E-state index in [1.165, 1.54) is 11.8 Å². The number of aromatic nitrogens is 4. The van der Waals surface area contributed by atoms with E-state index in [1.54, 1.807) is 13.0 Å². The Morgan fingerprint density at radius 1 is 0.967 bits per heavy atom. The number of carbonyl (C=O) groups excluding carboxylic acids is 1. The van der Waals surface area contributed by atoms with Crippen LogP contribution in [0.5, 0.6) is 0 Å².